The van der Waals surface area contributed by atoms with E-state index in [2.05, 4.69) is 22.7 Å². The molecule has 1 heterocycles. The zero-order chi connectivity index (χ0) is 10.8. The molecule has 1 unspecified atom stereocenters. The summed E-state index contributed by atoms with van der Waals surface area (Å²) in [7, 11) is 1.35. The third kappa shape index (κ3) is 2.57. The van der Waals surface area contributed by atoms with Crippen LogP contribution in [-0.2, 0) is 22.9 Å². The molecule has 80 valence electrons. The summed E-state index contributed by atoms with van der Waals surface area (Å²) in [5.41, 5.74) is -3.25. The van der Waals surface area contributed by atoms with Crippen molar-refractivity contribution in [2.75, 3.05) is 7.11 Å². The fourth-order valence-corrected chi connectivity index (χ4v) is 1.40. The van der Waals surface area contributed by atoms with Gasteiger partial charge in [0.2, 0.25) is 0 Å². The van der Waals surface area contributed by atoms with Crippen molar-refractivity contribution in [2.24, 2.45) is 0 Å². The fourth-order valence-electron chi connectivity index (χ4n) is 0.641. The molecule has 14 heavy (non-hydrogen) atoms. The fraction of sp³-hybridized carbons (Fsp3) is 0.750. The van der Waals surface area contributed by atoms with Crippen molar-refractivity contribution < 1.29 is 9.15 Å². The summed E-state index contributed by atoms with van der Waals surface area (Å²) in [4.78, 5) is 12.0. The van der Waals surface area contributed by atoms with Gasteiger partial charge in [0, 0.05) is 13.7 Å². The zero-order valence-corrected chi connectivity index (χ0v) is 10.1. The first-order valence-electron chi connectivity index (χ1n) is 3.61. The van der Waals surface area contributed by atoms with Crippen LogP contribution in [0.4, 0.5) is 0 Å². The van der Waals surface area contributed by atoms with Gasteiger partial charge >= 0.3 is 11.4 Å². The average molecular weight is 256 g/mol. The molecule has 0 bridgehead atoms. The number of nitrogens with zero attached hydrogens (tertiary/aromatic N) is 4. The quantitative estimate of drug-likeness (QED) is 0.588. The Bertz CT molecular complexity index is 415. The maximum Gasteiger partial charge on any atom is 0.398 e. The van der Waals surface area contributed by atoms with Gasteiger partial charge in [-0.25, -0.2) is 4.79 Å². The highest BCUT2D eigenvalue weighted by molar-refractivity contribution is 8.60. The molecule has 0 aliphatic rings. The Morgan fingerprint density at radius 2 is 2.29 bits per heavy atom. The minimum Gasteiger partial charge on any atom is -0.324 e. The van der Waals surface area contributed by atoms with Crippen LogP contribution in [0, 0.1) is 0 Å². The van der Waals surface area contributed by atoms with Gasteiger partial charge in [0.25, 0.3) is 0 Å². The van der Waals surface area contributed by atoms with Gasteiger partial charge in [0.15, 0.2) is 0 Å². The molecule has 1 rings (SSSR count). The summed E-state index contributed by atoms with van der Waals surface area (Å²) in [5.74, 6) is 0. The molecule has 0 spiro atoms. The molecule has 0 amide bonds. The Balaban J connectivity index is 2.94. The number of aromatic nitrogens is 4. The standard InChI is InChI=1S/C4H9N4O3PS2/c1-3-7-4(9)8(6-5-7)11-12(13,14)10-2/h3H2,1-2H3,(H,13,14). The third-order valence-electron chi connectivity index (χ3n) is 1.32. The number of aryl methyl sites for hydroxylation is 1. The van der Waals surface area contributed by atoms with Crippen molar-refractivity contribution in [3.63, 3.8) is 0 Å². The summed E-state index contributed by atoms with van der Waals surface area (Å²) in [6.07, 6.45) is 0. The monoisotopic (exact) mass is 256 g/mol. The van der Waals surface area contributed by atoms with Crippen molar-refractivity contribution in [2.45, 2.75) is 13.5 Å². The van der Waals surface area contributed by atoms with E-state index in [4.69, 9.17) is 21.0 Å². The Hall–Kier alpha value is -0.370. The summed E-state index contributed by atoms with van der Waals surface area (Å²) in [5, 5.41) is 6.97. The van der Waals surface area contributed by atoms with Crippen molar-refractivity contribution in [3.8, 4) is 0 Å². The van der Waals surface area contributed by atoms with Crippen LogP contribution < -0.4 is 10.3 Å². The first-order chi connectivity index (χ1) is 6.50. The Morgan fingerprint density at radius 3 is 2.71 bits per heavy atom. The number of hydrogen-bond acceptors (Lipinski definition) is 6. The van der Waals surface area contributed by atoms with Crippen molar-refractivity contribution in [1.29, 1.82) is 0 Å². The maximum atomic E-state index is 11.4. The molecule has 0 saturated heterocycles. The number of thiol groups is 1. The molecule has 1 aromatic rings. The van der Waals surface area contributed by atoms with E-state index in [1.165, 1.54) is 7.11 Å². The molecular weight excluding hydrogens is 247 g/mol. The lowest BCUT2D eigenvalue weighted by molar-refractivity contribution is 0.211. The molecule has 10 heteroatoms. The van der Waals surface area contributed by atoms with Gasteiger partial charge in [-0.15, -0.1) is 0 Å². The van der Waals surface area contributed by atoms with E-state index in [1.807, 2.05) is 0 Å². The number of tetrazole rings is 1. The molecule has 0 saturated carbocycles. The van der Waals surface area contributed by atoms with E-state index in [0.717, 1.165) is 4.68 Å². The van der Waals surface area contributed by atoms with E-state index < -0.39 is 11.4 Å². The lowest BCUT2D eigenvalue weighted by atomic mass is 10.8. The summed E-state index contributed by atoms with van der Waals surface area (Å²) >= 11 is 8.75. The third-order valence-corrected chi connectivity index (χ3v) is 3.50. The first-order valence-corrected chi connectivity index (χ1v) is 7.40. The normalized spacial score (nSPS) is 15.1. The van der Waals surface area contributed by atoms with Crippen LogP contribution in [0.15, 0.2) is 4.79 Å². The van der Waals surface area contributed by atoms with E-state index in [-0.39, 0.29) is 0 Å². The van der Waals surface area contributed by atoms with Gasteiger partial charge in [-0.2, -0.15) is 4.68 Å². The summed E-state index contributed by atoms with van der Waals surface area (Å²) in [6, 6.07) is 0. The van der Waals surface area contributed by atoms with Crippen molar-refractivity contribution in [3.05, 3.63) is 10.5 Å². The molecule has 0 N–H and O–H groups in total. The van der Waals surface area contributed by atoms with Crippen molar-refractivity contribution in [1.82, 2.24) is 20.0 Å². The summed E-state index contributed by atoms with van der Waals surface area (Å²) < 4.78 is 10.8. The highest BCUT2D eigenvalue weighted by Crippen LogP contribution is 2.48. The van der Waals surface area contributed by atoms with Crippen LogP contribution in [0.5, 0.6) is 0 Å². The Kier molecular flexibility index (Phi) is 3.71. The van der Waals surface area contributed by atoms with Gasteiger partial charge in [-0.1, -0.05) is 12.2 Å². The molecule has 1 atom stereocenters. The smallest absolute Gasteiger partial charge is 0.324 e. The second-order valence-corrected chi connectivity index (χ2v) is 7.48. The molecule has 0 radical (unpaired) electrons. The van der Waals surface area contributed by atoms with E-state index >= 15 is 0 Å². The lowest BCUT2D eigenvalue weighted by Gasteiger charge is -2.11. The second kappa shape index (κ2) is 4.43. The highest BCUT2D eigenvalue weighted by atomic mass is 32.9. The van der Waals surface area contributed by atoms with E-state index in [0.29, 0.717) is 11.4 Å². The second-order valence-electron chi connectivity index (χ2n) is 2.18. The van der Waals surface area contributed by atoms with Gasteiger partial charge in [-0.05, 0) is 34.0 Å². The Labute approximate surface area is 90.3 Å². The van der Waals surface area contributed by atoms with Crippen LogP contribution in [0.25, 0.3) is 0 Å². The Morgan fingerprint density at radius 1 is 1.64 bits per heavy atom. The molecular formula is C4H9N4O3PS2. The largest absolute Gasteiger partial charge is 0.398 e. The van der Waals surface area contributed by atoms with Crippen LogP contribution in [0.1, 0.15) is 6.92 Å². The lowest BCUT2D eigenvalue weighted by Crippen LogP contribution is -2.28. The van der Waals surface area contributed by atoms with E-state index in [1.54, 1.807) is 6.92 Å². The summed E-state index contributed by atoms with van der Waals surface area (Å²) in [6.45, 7) is 2.16. The SMILES string of the molecule is CCn1nnn(OP(=S)(S)OC)c1=O. The minimum atomic E-state index is -2.74. The van der Waals surface area contributed by atoms with Crippen molar-refractivity contribution >= 4 is 29.7 Å². The molecule has 1 aromatic heterocycles. The zero-order valence-electron chi connectivity index (χ0n) is 7.52. The molecule has 0 aliphatic carbocycles. The predicted molar refractivity (Wildman–Crippen MR) is 56.8 cm³/mol. The van der Waals surface area contributed by atoms with Crippen LogP contribution in [0.3, 0.4) is 0 Å². The molecule has 7 nitrogen and oxygen atoms in total. The number of hydrogen-bond donors (Lipinski definition) is 1. The van der Waals surface area contributed by atoms with E-state index in [9.17, 15) is 4.79 Å². The average Bonchev–Trinajstić information content (AvgIpc) is 2.47. The maximum absolute atomic E-state index is 11.4. The molecule has 0 fully saturated rings. The minimum absolute atomic E-state index is 0.407. The van der Waals surface area contributed by atoms with Crippen LogP contribution in [0.2, 0.25) is 0 Å². The van der Waals surface area contributed by atoms with Gasteiger partial charge in [0.1, 0.15) is 0 Å². The molecule has 0 aliphatic heterocycles. The number of rotatable bonds is 4. The van der Waals surface area contributed by atoms with Gasteiger partial charge < -0.3 is 9.15 Å². The highest BCUT2D eigenvalue weighted by Gasteiger charge is 2.16. The molecule has 0 aromatic carbocycles. The topological polar surface area (TPSA) is 71.2 Å². The van der Waals surface area contributed by atoms with Crippen LogP contribution >= 0.6 is 17.9 Å². The predicted octanol–water partition coefficient (Wildman–Crippen LogP) is -0.311. The first kappa shape index (κ1) is 11.7. The van der Waals surface area contributed by atoms with Crippen LogP contribution in [-0.4, -0.2) is 27.1 Å². The van der Waals surface area contributed by atoms with Gasteiger partial charge in [-0.3, -0.25) is 0 Å². The van der Waals surface area contributed by atoms with Gasteiger partial charge in [0.05, 0.1) is 0 Å².